The molecule has 9 N–H and O–H groups in total. The quantitative estimate of drug-likeness (QED) is 0.160. The molecule has 0 spiro atoms. The van der Waals surface area contributed by atoms with Crippen molar-refractivity contribution in [2.45, 2.75) is 0 Å². The van der Waals surface area contributed by atoms with E-state index in [4.69, 9.17) is 57.7 Å². The van der Waals surface area contributed by atoms with Crippen molar-refractivity contribution in [3.8, 4) is 0 Å². The molecule has 1 saturated heterocycles. The van der Waals surface area contributed by atoms with Crippen molar-refractivity contribution in [3.05, 3.63) is 0 Å². The summed E-state index contributed by atoms with van der Waals surface area (Å²) in [5, 5.41) is 0. The lowest BCUT2D eigenvalue weighted by molar-refractivity contribution is 0.272. The number of ether oxygens (including phenoxy) is 1. The average Bonchev–Trinajstić information content (AvgIpc) is 2.49. The fourth-order valence-electron chi connectivity index (χ4n) is 0. The summed E-state index contributed by atoms with van der Waals surface area (Å²) in [5.41, 5.74) is 0. The zero-order chi connectivity index (χ0) is 15.6. The normalized spacial score (nSPS) is 13.8. The van der Waals surface area contributed by atoms with Gasteiger partial charge in [-0.15, -0.1) is 0 Å². The van der Waals surface area contributed by atoms with E-state index in [0.717, 1.165) is 13.2 Å². The highest BCUT2D eigenvalue weighted by atomic mass is 31.2. The Kier molecular flexibility index (Phi) is 13.2. The van der Waals surface area contributed by atoms with Crippen LogP contribution in [0.15, 0.2) is 0 Å². The van der Waals surface area contributed by atoms with Crippen molar-refractivity contribution in [2.24, 2.45) is 0 Å². The molecule has 0 radical (unpaired) electrons. The van der Waals surface area contributed by atoms with Gasteiger partial charge in [0.15, 0.2) is 0 Å². The highest BCUT2D eigenvalue weighted by Crippen LogP contribution is 2.26. The van der Waals surface area contributed by atoms with Crippen LogP contribution in [-0.2, 0) is 18.4 Å². The fraction of sp³-hybridized carbons (Fsp3) is 1.00. The molecule has 0 aromatic heterocycles. The Hall–Kier alpha value is 0.290. The molecule has 1 fully saturated rings. The smallest absolute Gasteiger partial charge is 0.377 e. The monoisotopic (exact) mass is 338 g/mol. The molecular formula is C2H13O13P3. The van der Waals surface area contributed by atoms with Gasteiger partial charge in [-0.1, -0.05) is 0 Å². The summed E-state index contributed by atoms with van der Waals surface area (Å²) in [5.74, 6) is 0. The lowest BCUT2D eigenvalue weighted by atomic mass is 11.0. The molecule has 0 aromatic carbocycles. The average molecular weight is 338 g/mol. The maximum absolute atomic E-state index is 8.88. The van der Waals surface area contributed by atoms with Gasteiger partial charge in [0.1, 0.15) is 0 Å². The molecule has 0 aromatic rings. The molecule has 16 heteroatoms. The molecule has 1 aliphatic rings. The van der Waals surface area contributed by atoms with Crippen LogP contribution in [0.5, 0.6) is 0 Å². The van der Waals surface area contributed by atoms with E-state index < -0.39 is 23.5 Å². The van der Waals surface area contributed by atoms with Crippen molar-refractivity contribution in [1.82, 2.24) is 0 Å². The zero-order valence-electron chi connectivity index (χ0n) is 8.41. The first-order chi connectivity index (χ1) is 7.50. The van der Waals surface area contributed by atoms with Gasteiger partial charge in [0.2, 0.25) is 0 Å². The Balaban J connectivity index is -0.000000168. The Labute approximate surface area is 100 Å². The number of epoxide rings is 1. The van der Waals surface area contributed by atoms with Crippen LogP contribution >= 0.6 is 23.5 Å². The van der Waals surface area contributed by atoms with Crippen LogP contribution in [0, 0.1) is 0 Å². The second kappa shape index (κ2) is 10.1. The molecule has 13 nitrogen and oxygen atoms in total. The topological polar surface area (TPSA) is 246 Å². The lowest BCUT2D eigenvalue weighted by Crippen LogP contribution is -1.66. The third-order valence-corrected chi connectivity index (χ3v) is 0.204. The van der Waals surface area contributed by atoms with Crippen LogP contribution in [-0.4, -0.2) is 57.3 Å². The third-order valence-electron chi connectivity index (χ3n) is 0.204. The Morgan fingerprint density at radius 3 is 0.611 bits per heavy atom. The molecule has 0 saturated carbocycles. The van der Waals surface area contributed by atoms with Crippen molar-refractivity contribution >= 4 is 23.5 Å². The number of rotatable bonds is 0. The second-order valence-corrected chi connectivity index (χ2v) is 5.23. The number of hydrogen-bond acceptors (Lipinski definition) is 4. The molecule has 0 atom stereocenters. The van der Waals surface area contributed by atoms with E-state index in [1.165, 1.54) is 0 Å². The van der Waals surface area contributed by atoms with Crippen LogP contribution in [0.25, 0.3) is 0 Å². The van der Waals surface area contributed by atoms with Gasteiger partial charge in [-0.25, -0.2) is 13.7 Å². The predicted octanol–water partition coefficient (Wildman–Crippen LogP) is -2.77. The largest absolute Gasteiger partial charge is 0.466 e. The van der Waals surface area contributed by atoms with E-state index in [-0.39, 0.29) is 0 Å². The third kappa shape index (κ3) is 2290. The van der Waals surface area contributed by atoms with Crippen LogP contribution in [0.1, 0.15) is 0 Å². The van der Waals surface area contributed by atoms with Gasteiger partial charge in [0.25, 0.3) is 0 Å². The van der Waals surface area contributed by atoms with Crippen molar-refractivity contribution in [1.29, 1.82) is 0 Å². The molecule has 0 unspecified atom stereocenters. The van der Waals surface area contributed by atoms with Crippen molar-refractivity contribution < 1.29 is 62.5 Å². The first-order valence-corrected chi connectivity index (χ1v) is 8.12. The van der Waals surface area contributed by atoms with Crippen LogP contribution in [0.2, 0.25) is 0 Å². The molecular weight excluding hydrogens is 325 g/mol. The second-order valence-electron chi connectivity index (χ2n) is 2.15. The highest BCUT2D eigenvalue weighted by molar-refractivity contribution is 7.45. The summed E-state index contributed by atoms with van der Waals surface area (Å²) in [4.78, 5) is 64.7. The van der Waals surface area contributed by atoms with Gasteiger partial charge in [-0.2, -0.15) is 0 Å². The molecule has 0 amide bonds. The van der Waals surface area contributed by atoms with Gasteiger partial charge < -0.3 is 48.8 Å². The molecule has 18 heavy (non-hydrogen) atoms. The molecule has 0 aliphatic carbocycles. The maximum atomic E-state index is 8.88. The summed E-state index contributed by atoms with van der Waals surface area (Å²) < 4.78 is 31.1. The van der Waals surface area contributed by atoms with E-state index in [1.54, 1.807) is 0 Å². The Morgan fingerprint density at radius 1 is 0.556 bits per heavy atom. The van der Waals surface area contributed by atoms with E-state index in [9.17, 15) is 0 Å². The van der Waals surface area contributed by atoms with Gasteiger partial charge in [-0.05, 0) is 0 Å². The van der Waals surface area contributed by atoms with Gasteiger partial charge in [-0.3, -0.25) is 0 Å². The minimum atomic E-state index is -4.64. The standard InChI is InChI=1S/C2H4O.3H3O4P/c1-2-3-1;3*1-5(2,3)4/h1-2H2;3*(H3,1,2,3,4). The SMILES string of the molecule is C1CO1.O=P(O)(O)O.O=P(O)(O)O.O=P(O)(O)O. The minimum Gasteiger partial charge on any atom is -0.377 e. The van der Waals surface area contributed by atoms with Gasteiger partial charge >= 0.3 is 23.5 Å². The molecule has 0 bridgehead atoms. The fourth-order valence-corrected chi connectivity index (χ4v) is 0. The first kappa shape index (κ1) is 23.4. The summed E-state index contributed by atoms with van der Waals surface area (Å²) in [6.07, 6.45) is 0. The lowest BCUT2D eigenvalue weighted by Gasteiger charge is -1.82. The van der Waals surface area contributed by atoms with E-state index in [0.29, 0.717) is 0 Å². The molecule has 1 rings (SSSR count). The van der Waals surface area contributed by atoms with E-state index >= 15 is 0 Å². The van der Waals surface area contributed by atoms with Crippen LogP contribution < -0.4 is 0 Å². The minimum absolute atomic E-state index is 1.00. The van der Waals surface area contributed by atoms with E-state index in [2.05, 4.69) is 4.74 Å². The van der Waals surface area contributed by atoms with Crippen LogP contribution in [0.4, 0.5) is 0 Å². The van der Waals surface area contributed by atoms with Crippen molar-refractivity contribution in [3.63, 3.8) is 0 Å². The van der Waals surface area contributed by atoms with Gasteiger partial charge in [0.05, 0.1) is 13.2 Å². The van der Waals surface area contributed by atoms with E-state index in [1.807, 2.05) is 0 Å². The summed E-state index contributed by atoms with van der Waals surface area (Å²) in [6, 6.07) is 0. The molecule has 1 aliphatic heterocycles. The number of hydrogen-bond donors (Lipinski definition) is 9. The summed E-state index contributed by atoms with van der Waals surface area (Å²) >= 11 is 0. The predicted molar refractivity (Wildman–Crippen MR) is 53.6 cm³/mol. The number of phosphoric acid groups is 3. The summed E-state index contributed by atoms with van der Waals surface area (Å²) in [7, 11) is -13.9. The molecule has 1 heterocycles. The highest BCUT2D eigenvalue weighted by Gasteiger charge is 2.01. The first-order valence-electron chi connectivity index (χ1n) is 3.43. The van der Waals surface area contributed by atoms with Crippen molar-refractivity contribution in [2.75, 3.05) is 13.2 Å². The van der Waals surface area contributed by atoms with Gasteiger partial charge in [0, 0.05) is 0 Å². The Bertz CT molecular complexity index is 240. The maximum Gasteiger partial charge on any atom is 0.466 e. The van der Waals surface area contributed by atoms with Crippen LogP contribution in [0.3, 0.4) is 0 Å². The molecule has 114 valence electrons. The Morgan fingerprint density at radius 2 is 0.611 bits per heavy atom. The summed E-state index contributed by atoms with van der Waals surface area (Å²) in [6.45, 7) is 2.00. The zero-order valence-corrected chi connectivity index (χ0v) is 11.1.